The first-order valence-corrected chi connectivity index (χ1v) is 22.8. The van der Waals surface area contributed by atoms with Crippen molar-refractivity contribution in [3.8, 4) is 12.0 Å². The summed E-state index contributed by atoms with van der Waals surface area (Å²) in [6.45, 7) is 12.7. The number of nitrogen functional groups attached to an aromatic ring is 2. The van der Waals surface area contributed by atoms with E-state index in [2.05, 4.69) is 90.3 Å². The van der Waals surface area contributed by atoms with E-state index < -0.39 is 25.9 Å². The summed E-state index contributed by atoms with van der Waals surface area (Å²) in [6.07, 6.45) is 8.87. The van der Waals surface area contributed by atoms with E-state index in [1.165, 1.54) is 54.5 Å². The number of likely N-dealkylation sites (tertiary alicyclic amines) is 2. The van der Waals surface area contributed by atoms with Gasteiger partial charge in [-0.1, -0.05) is 90.1 Å². The molecule has 0 radical (unpaired) electrons. The van der Waals surface area contributed by atoms with Gasteiger partial charge >= 0.3 is 45.6 Å². The van der Waals surface area contributed by atoms with Gasteiger partial charge in [0, 0.05) is 19.6 Å². The van der Waals surface area contributed by atoms with Gasteiger partial charge in [0.05, 0.1) is 26.3 Å². The molecule has 0 unspecified atom stereocenters. The third-order valence-electron chi connectivity index (χ3n) is 11.1. The van der Waals surface area contributed by atoms with Crippen LogP contribution < -0.4 is 42.3 Å². The van der Waals surface area contributed by atoms with Gasteiger partial charge in [0.15, 0.2) is 23.1 Å². The summed E-state index contributed by atoms with van der Waals surface area (Å²) in [5, 5.41) is 2.80. The number of H-pyrrole nitrogens is 1. The van der Waals surface area contributed by atoms with Crippen LogP contribution in [-0.2, 0) is 53.5 Å². The van der Waals surface area contributed by atoms with Crippen molar-refractivity contribution in [2.75, 3.05) is 67.6 Å². The number of rotatable bonds is 16. The Morgan fingerprint density at radius 1 is 0.657 bits per heavy atom. The van der Waals surface area contributed by atoms with Crippen LogP contribution in [0.3, 0.4) is 0 Å². The van der Waals surface area contributed by atoms with Gasteiger partial charge < -0.3 is 36.1 Å². The van der Waals surface area contributed by atoms with Gasteiger partial charge in [-0.05, 0) is 87.0 Å². The quantitative estimate of drug-likeness (QED) is 0.0493. The molecule has 1 amide bonds. The van der Waals surface area contributed by atoms with Gasteiger partial charge in [-0.15, -0.1) is 12.4 Å². The number of halogens is 1. The number of nitrogens with one attached hydrogen (secondary N) is 2. The molecular formula is C46H67ClMnN12O7. The molecule has 6 heterocycles. The van der Waals surface area contributed by atoms with Crippen LogP contribution in [0.2, 0.25) is 0 Å². The van der Waals surface area contributed by atoms with E-state index >= 15 is 0 Å². The molecule has 3 aliphatic rings. The zero-order valence-corrected chi connectivity index (χ0v) is 38.9. The summed E-state index contributed by atoms with van der Waals surface area (Å²) >= 11 is -1.44. The number of nitrogens with zero attached hydrogens (tertiary/aromatic N) is 8. The molecule has 0 atom stereocenters. The second kappa shape index (κ2) is 27.9. The van der Waals surface area contributed by atoms with Crippen LogP contribution in [0, 0.1) is 0 Å². The summed E-state index contributed by atoms with van der Waals surface area (Å²) < 4.78 is 29.4. The first-order chi connectivity index (χ1) is 31.1. The maximum absolute atomic E-state index is 12.6. The summed E-state index contributed by atoms with van der Waals surface area (Å²) in [4.78, 5) is 63.6. The molecule has 8 rings (SSSR count). The van der Waals surface area contributed by atoms with Gasteiger partial charge in [0.2, 0.25) is 5.91 Å². The third-order valence-corrected chi connectivity index (χ3v) is 11.1. The minimum atomic E-state index is -1.44. The van der Waals surface area contributed by atoms with Gasteiger partial charge in [0.25, 0.3) is 0 Å². The van der Waals surface area contributed by atoms with Crippen LogP contribution in [0.15, 0.2) is 58.1 Å². The SMILES string of the molecule is C.C.CCCCOc1nc(N)c2[nH]c(=O)c(=O)n(Cc3ccc(CN4CCCC4)cc3)c2n1.CCCCOc1nc(N)c2c(n1)N(Cc1ccc(CN3CCCC3)cc1)CC(=O)N2.Cl.[O]=[Mn]=[O]. The van der Waals surface area contributed by atoms with Crippen molar-refractivity contribution in [3.63, 3.8) is 0 Å². The number of unbranched alkanes of at least 4 members (excludes halogenated alkanes) is 2. The van der Waals surface area contributed by atoms with Crippen molar-refractivity contribution in [2.24, 2.45) is 0 Å². The number of hydrogen-bond donors (Lipinski definition) is 4. The van der Waals surface area contributed by atoms with Crippen LogP contribution in [0.5, 0.6) is 12.0 Å². The number of nitrogens with two attached hydrogens (primary N) is 2. The number of aromatic nitrogens is 6. The van der Waals surface area contributed by atoms with E-state index in [1.807, 2.05) is 17.0 Å². The second-order valence-corrected chi connectivity index (χ2v) is 16.2. The number of amides is 1. The molecule has 3 aromatic heterocycles. The molecule has 2 aromatic carbocycles. The maximum atomic E-state index is 12.6. The number of hydrogen-bond acceptors (Lipinski definition) is 16. The van der Waals surface area contributed by atoms with Crippen molar-refractivity contribution in [2.45, 2.75) is 106 Å². The van der Waals surface area contributed by atoms with Gasteiger partial charge in [0.1, 0.15) is 11.2 Å². The summed E-state index contributed by atoms with van der Waals surface area (Å²) in [6, 6.07) is 17.0. The number of benzene rings is 2. The zero-order valence-electron chi connectivity index (χ0n) is 36.9. The normalized spacial score (nSPS) is 14.2. The van der Waals surface area contributed by atoms with E-state index in [1.54, 1.807) is 0 Å². The second-order valence-electron chi connectivity index (χ2n) is 16.0. The Hall–Kier alpha value is -5.66. The average molecular weight is 991 g/mol. The molecule has 21 heteroatoms. The first-order valence-electron chi connectivity index (χ1n) is 21.9. The topological polar surface area (TPSA) is 250 Å². The average Bonchev–Trinajstić information content (AvgIpc) is 4.01. The third kappa shape index (κ3) is 15.7. The molecule has 3 aliphatic heterocycles. The van der Waals surface area contributed by atoms with Crippen molar-refractivity contribution in [1.29, 1.82) is 0 Å². The standard InChI is InChI=1S/C22H28N6O3.C22H30N6O2.2CH4.ClH.Mn.2O/c1-2-3-12-31-22-25-18(23)17-19(26-22)28(21(30)20(29)24-17)14-16-8-6-15(7-9-16)13-27-10-4-5-11-27;1-2-3-12-30-22-25-20(23)19-21(26-22)28(15-18(29)24-19)14-17-8-6-16(7-9-17)13-27-10-4-5-11-27;;;;;;/h6-9H,2-5,10-14H2,1H3,(H,24,29)(H2,23,25,26);6-9H,2-5,10-15H2,1H3,(H,24,29)(H2,23,25,26);2*1H4;1H;;;. The molecular weight excluding hydrogens is 923 g/mol. The molecule has 19 nitrogen and oxygen atoms in total. The molecule has 67 heavy (non-hydrogen) atoms. The van der Waals surface area contributed by atoms with Crippen LogP contribution in [-0.4, -0.2) is 91.1 Å². The Morgan fingerprint density at radius 2 is 1.10 bits per heavy atom. The van der Waals surface area contributed by atoms with Gasteiger partial charge in [-0.2, -0.15) is 19.9 Å². The molecule has 5 aromatic rings. The fraction of sp³-hybridized carbons (Fsp3) is 0.500. The minimum absolute atomic E-state index is 0. The van der Waals surface area contributed by atoms with Crippen molar-refractivity contribution in [3.05, 3.63) is 91.5 Å². The molecule has 367 valence electrons. The molecule has 6 N–H and O–H groups in total. The van der Waals surface area contributed by atoms with E-state index in [4.69, 9.17) is 28.6 Å². The first kappa shape index (κ1) is 55.7. The molecule has 0 bridgehead atoms. The Morgan fingerprint density at radius 3 is 1.60 bits per heavy atom. The van der Waals surface area contributed by atoms with Crippen molar-refractivity contribution >= 4 is 52.6 Å². The number of fused-ring (bicyclic) bond motifs is 2. The Balaban J connectivity index is 0.000000322. The number of carbonyl (C=O) groups excluding carboxylic acids is 1. The van der Waals surface area contributed by atoms with Gasteiger partial charge in [-0.3, -0.25) is 28.8 Å². The van der Waals surface area contributed by atoms with Crippen molar-refractivity contribution < 1.29 is 36.8 Å². The molecule has 0 aliphatic carbocycles. The summed E-state index contributed by atoms with van der Waals surface area (Å²) in [7, 11) is 0. The predicted octanol–water partition coefficient (Wildman–Crippen LogP) is 6.13. The Bertz CT molecular complexity index is 2490. The van der Waals surface area contributed by atoms with Gasteiger partial charge in [-0.25, -0.2) is 0 Å². The fourth-order valence-electron chi connectivity index (χ4n) is 7.69. The Kier molecular flexibility index (Phi) is 23.1. The van der Waals surface area contributed by atoms with Crippen molar-refractivity contribution in [1.82, 2.24) is 39.3 Å². The van der Waals surface area contributed by atoms with Crippen LogP contribution >= 0.6 is 12.4 Å². The molecule has 0 saturated carbocycles. The summed E-state index contributed by atoms with van der Waals surface area (Å²) in [5.41, 5.74) is 16.2. The fourth-order valence-corrected chi connectivity index (χ4v) is 7.69. The number of anilines is 4. The molecule has 2 saturated heterocycles. The zero-order chi connectivity index (χ0) is 45.4. The van der Waals surface area contributed by atoms with Crippen LogP contribution in [0.4, 0.5) is 23.1 Å². The number of aromatic amines is 1. The molecule has 2 fully saturated rings. The predicted molar refractivity (Wildman–Crippen MR) is 259 cm³/mol. The van der Waals surface area contributed by atoms with E-state index in [0.29, 0.717) is 31.3 Å². The van der Waals surface area contributed by atoms with E-state index in [0.717, 1.165) is 63.0 Å². The van der Waals surface area contributed by atoms with Crippen LogP contribution in [0.1, 0.15) is 102 Å². The Labute approximate surface area is 404 Å². The monoisotopic (exact) mass is 989 g/mol. The molecule has 0 spiro atoms. The number of carbonyl (C=O) groups is 1. The summed E-state index contributed by atoms with van der Waals surface area (Å²) in [5.74, 6) is 0.784. The van der Waals surface area contributed by atoms with E-state index in [9.17, 15) is 14.4 Å². The number of ether oxygens (including phenoxy) is 2. The van der Waals surface area contributed by atoms with Crippen LogP contribution in [0.25, 0.3) is 11.2 Å². The van der Waals surface area contributed by atoms with E-state index in [-0.39, 0.29) is 81.1 Å².